The molecule has 1 N–H and O–H groups in total. The molecular weight excluding hydrogens is 469 g/mol. The third-order valence-corrected chi connectivity index (χ3v) is 7.77. The Morgan fingerprint density at radius 1 is 1.09 bits per heavy atom. The smallest absolute Gasteiger partial charge is 0.257 e. The van der Waals surface area contributed by atoms with Gasteiger partial charge < -0.3 is 14.7 Å². The number of hydrogen-bond donors (Lipinski definition) is 1. The predicted octanol–water partition coefficient (Wildman–Crippen LogP) is 6.48. The molecule has 180 valence electrons. The van der Waals surface area contributed by atoms with Crippen LogP contribution in [0.3, 0.4) is 0 Å². The van der Waals surface area contributed by atoms with Crippen molar-refractivity contribution in [2.45, 2.75) is 57.5 Å². The molecule has 0 saturated heterocycles. The summed E-state index contributed by atoms with van der Waals surface area (Å²) in [6.45, 7) is 3.84. The minimum atomic E-state index is -0.203. The number of hydrogen-bond acceptors (Lipinski definition) is 4. The van der Waals surface area contributed by atoms with Crippen molar-refractivity contribution in [1.29, 1.82) is 0 Å². The lowest BCUT2D eigenvalue weighted by molar-refractivity contribution is 0.0769. The van der Waals surface area contributed by atoms with Gasteiger partial charge in [-0.25, -0.2) is 0 Å². The summed E-state index contributed by atoms with van der Waals surface area (Å²) in [7, 11) is 4.32. The van der Waals surface area contributed by atoms with E-state index in [-0.39, 0.29) is 17.5 Å². The number of aryl methyl sites for hydroxylation is 2. The highest BCUT2D eigenvalue weighted by Crippen LogP contribution is 2.38. The number of amides is 1. The fourth-order valence-electron chi connectivity index (χ4n) is 4.96. The van der Waals surface area contributed by atoms with E-state index in [1.807, 2.05) is 0 Å². The largest absolute Gasteiger partial charge is 0.360 e. The van der Waals surface area contributed by atoms with Gasteiger partial charge in [0.05, 0.1) is 10.0 Å². The first-order valence-corrected chi connectivity index (χ1v) is 12.4. The topological polar surface area (TPSA) is 58.4 Å². The Hall–Kier alpha value is -2.34. The summed E-state index contributed by atoms with van der Waals surface area (Å²) < 4.78 is 5.37. The lowest BCUT2D eigenvalue weighted by Gasteiger charge is -2.45. The number of aromatic nitrogens is 1. The van der Waals surface area contributed by atoms with Crippen molar-refractivity contribution in [2.75, 3.05) is 14.1 Å². The quantitative estimate of drug-likeness (QED) is 0.421. The van der Waals surface area contributed by atoms with Crippen LogP contribution in [0.2, 0.25) is 10.0 Å². The van der Waals surface area contributed by atoms with Crippen molar-refractivity contribution in [2.24, 2.45) is 0 Å². The Morgan fingerprint density at radius 3 is 2.29 bits per heavy atom. The first-order valence-electron chi connectivity index (χ1n) is 11.6. The average Bonchev–Trinajstić information content (AvgIpc) is 3.17. The van der Waals surface area contributed by atoms with Gasteiger partial charge in [-0.05, 0) is 77.7 Å². The molecule has 1 saturated carbocycles. The average molecular weight is 500 g/mol. The van der Waals surface area contributed by atoms with Gasteiger partial charge >= 0.3 is 0 Å². The molecule has 1 aromatic heterocycles. The SMILES string of the molecule is Cc1ccc(CC2(N(C)C)CCC(NC(=O)c3c(-c4c(Cl)cccc4Cl)noc3C)CC2)cc1. The van der Waals surface area contributed by atoms with Gasteiger partial charge in [-0.3, -0.25) is 4.79 Å². The van der Waals surface area contributed by atoms with Crippen molar-refractivity contribution in [3.05, 3.63) is 75.0 Å². The highest BCUT2D eigenvalue weighted by Gasteiger charge is 2.38. The van der Waals surface area contributed by atoms with E-state index in [2.05, 4.69) is 60.7 Å². The summed E-state index contributed by atoms with van der Waals surface area (Å²) in [6, 6.07) is 14.1. The van der Waals surface area contributed by atoms with Gasteiger partial charge in [0.15, 0.2) is 0 Å². The molecule has 0 atom stereocenters. The zero-order valence-electron chi connectivity index (χ0n) is 20.1. The lowest BCUT2D eigenvalue weighted by Crippen LogP contribution is -2.52. The van der Waals surface area contributed by atoms with Crippen LogP contribution in [0, 0.1) is 13.8 Å². The van der Waals surface area contributed by atoms with E-state index >= 15 is 0 Å². The summed E-state index contributed by atoms with van der Waals surface area (Å²) in [4.78, 5) is 15.7. The van der Waals surface area contributed by atoms with Gasteiger partial charge in [-0.15, -0.1) is 0 Å². The van der Waals surface area contributed by atoms with E-state index in [1.54, 1.807) is 25.1 Å². The number of carbonyl (C=O) groups is 1. The minimum absolute atomic E-state index is 0.0832. The van der Waals surface area contributed by atoms with E-state index in [4.69, 9.17) is 27.7 Å². The van der Waals surface area contributed by atoms with Crippen LogP contribution in [0.15, 0.2) is 47.0 Å². The van der Waals surface area contributed by atoms with Crippen molar-refractivity contribution in [3.8, 4) is 11.3 Å². The van der Waals surface area contributed by atoms with Gasteiger partial charge in [0, 0.05) is 17.1 Å². The molecule has 0 unspecified atom stereocenters. The molecule has 2 aromatic carbocycles. The Labute approximate surface area is 211 Å². The number of nitrogens with one attached hydrogen (secondary N) is 1. The summed E-state index contributed by atoms with van der Waals surface area (Å²) >= 11 is 12.8. The van der Waals surface area contributed by atoms with Gasteiger partial charge in [-0.2, -0.15) is 0 Å². The molecule has 5 nitrogen and oxygen atoms in total. The maximum absolute atomic E-state index is 13.3. The fourth-order valence-corrected chi connectivity index (χ4v) is 5.54. The molecule has 1 fully saturated rings. The van der Waals surface area contributed by atoms with E-state index in [0.29, 0.717) is 32.6 Å². The molecule has 1 amide bonds. The van der Waals surface area contributed by atoms with E-state index in [0.717, 1.165) is 32.1 Å². The minimum Gasteiger partial charge on any atom is -0.360 e. The zero-order chi connectivity index (χ0) is 24.5. The van der Waals surface area contributed by atoms with Crippen LogP contribution in [0.25, 0.3) is 11.3 Å². The van der Waals surface area contributed by atoms with Crippen LogP contribution in [0.1, 0.15) is 52.9 Å². The van der Waals surface area contributed by atoms with Crippen molar-refractivity contribution >= 4 is 29.1 Å². The number of likely N-dealkylation sites (N-methyl/N-ethyl adjacent to an activating group) is 1. The first kappa shape index (κ1) is 24.8. The first-order chi connectivity index (χ1) is 16.2. The number of carbonyl (C=O) groups excluding carboxylic acids is 1. The van der Waals surface area contributed by atoms with Crippen LogP contribution >= 0.6 is 23.2 Å². The van der Waals surface area contributed by atoms with Crippen LogP contribution in [0.5, 0.6) is 0 Å². The molecule has 3 aromatic rings. The second-order valence-corrected chi connectivity index (χ2v) is 10.4. The summed E-state index contributed by atoms with van der Waals surface area (Å²) in [5.41, 5.74) is 3.99. The molecule has 1 aliphatic carbocycles. The molecular formula is C27H31Cl2N3O2. The molecule has 0 bridgehead atoms. The Balaban J connectivity index is 1.48. The molecule has 34 heavy (non-hydrogen) atoms. The fraction of sp³-hybridized carbons (Fsp3) is 0.407. The van der Waals surface area contributed by atoms with Crippen molar-refractivity contribution < 1.29 is 9.32 Å². The van der Waals surface area contributed by atoms with E-state index < -0.39 is 0 Å². The molecule has 7 heteroatoms. The highest BCUT2D eigenvalue weighted by atomic mass is 35.5. The Bertz CT molecular complexity index is 1140. The normalized spacial score (nSPS) is 20.5. The summed E-state index contributed by atoms with van der Waals surface area (Å²) in [5, 5.41) is 8.19. The van der Waals surface area contributed by atoms with Gasteiger partial charge in [0.1, 0.15) is 17.0 Å². The van der Waals surface area contributed by atoms with E-state index in [1.165, 1.54) is 11.1 Å². The van der Waals surface area contributed by atoms with Crippen LogP contribution in [-0.4, -0.2) is 41.6 Å². The zero-order valence-corrected chi connectivity index (χ0v) is 21.6. The number of nitrogens with zero attached hydrogens (tertiary/aromatic N) is 2. The molecule has 1 aliphatic rings. The second kappa shape index (κ2) is 10.1. The van der Waals surface area contributed by atoms with Crippen molar-refractivity contribution in [1.82, 2.24) is 15.4 Å². The molecule has 0 aliphatic heterocycles. The monoisotopic (exact) mass is 499 g/mol. The molecule has 1 heterocycles. The molecule has 4 rings (SSSR count). The van der Waals surface area contributed by atoms with Crippen LogP contribution in [0.4, 0.5) is 0 Å². The third kappa shape index (κ3) is 5.02. The number of rotatable bonds is 6. The molecule has 0 spiro atoms. The standard InChI is InChI=1S/C27H31Cl2N3O2/c1-17-8-10-19(11-9-17)16-27(32(3)4)14-12-20(13-15-27)30-26(33)23-18(2)34-31-25(23)24-21(28)6-5-7-22(24)29/h5-11,20H,12-16H2,1-4H3,(H,30,33). The van der Waals surface area contributed by atoms with Gasteiger partial charge in [-0.1, -0.05) is 64.3 Å². The maximum Gasteiger partial charge on any atom is 0.257 e. The number of halogens is 2. The molecule has 0 radical (unpaired) electrons. The highest BCUT2D eigenvalue weighted by molar-refractivity contribution is 6.39. The van der Waals surface area contributed by atoms with E-state index in [9.17, 15) is 4.79 Å². The predicted molar refractivity (Wildman–Crippen MR) is 138 cm³/mol. The van der Waals surface area contributed by atoms with Crippen molar-refractivity contribution in [3.63, 3.8) is 0 Å². The Morgan fingerprint density at radius 2 is 1.71 bits per heavy atom. The Kier molecular flexibility index (Phi) is 7.36. The summed E-state index contributed by atoms with van der Waals surface area (Å²) in [5.74, 6) is 0.243. The third-order valence-electron chi connectivity index (χ3n) is 7.14. The van der Waals surface area contributed by atoms with Gasteiger partial charge in [0.25, 0.3) is 5.91 Å². The summed E-state index contributed by atoms with van der Waals surface area (Å²) in [6.07, 6.45) is 4.82. The van der Waals surface area contributed by atoms with Gasteiger partial charge in [0.2, 0.25) is 0 Å². The number of benzene rings is 2. The lowest BCUT2D eigenvalue weighted by atomic mass is 9.74. The second-order valence-electron chi connectivity index (χ2n) is 9.59. The maximum atomic E-state index is 13.3. The van der Waals surface area contributed by atoms with Crippen LogP contribution < -0.4 is 5.32 Å². The van der Waals surface area contributed by atoms with Crippen LogP contribution in [-0.2, 0) is 6.42 Å².